The summed E-state index contributed by atoms with van der Waals surface area (Å²) in [6, 6.07) is 9.92. The number of benzene rings is 1. The molecule has 2 heterocycles. The van der Waals surface area contributed by atoms with Gasteiger partial charge in [0.15, 0.2) is 0 Å². The molecule has 0 radical (unpaired) electrons. The molecule has 1 fully saturated rings. The minimum absolute atomic E-state index is 0.211. The molecule has 0 spiro atoms. The zero-order valence-electron chi connectivity index (χ0n) is 10.3. The third-order valence-corrected chi connectivity index (χ3v) is 4.12. The van der Waals surface area contributed by atoms with Crippen LogP contribution in [-0.4, -0.2) is 29.7 Å². The maximum atomic E-state index is 5.85. The largest absolute Gasteiger partial charge is 0.379 e. The average molecular weight is 320 g/mol. The summed E-state index contributed by atoms with van der Waals surface area (Å²) in [4.78, 5) is 9.04. The van der Waals surface area contributed by atoms with Crippen LogP contribution in [0.25, 0.3) is 11.3 Å². The first kappa shape index (κ1) is 12.7. The van der Waals surface area contributed by atoms with E-state index in [-0.39, 0.29) is 5.41 Å². The molecule has 2 aromatic rings. The van der Waals surface area contributed by atoms with Crippen LogP contribution in [0, 0.1) is 0 Å². The van der Waals surface area contributed by atoms with Gasteiger partial charge in [0.25, 0.3) is 0 Å². The molecule has 98 valence electrons. The lowest BCUT2D eigenvalue weighted by atomic mass is 9.85. The van der Waals surface area contributed by atoms with Gasteiger partial charge in [0.05, 0.1) is 24.3 Å². The number of rotatable bonds is 3. The van der Waals surface area contributed by atoms with Gasteiger partial charge in [-0.25, -0.2) is 9.97 Å². The zero-order valence-corrected chi connectivity index (χ0v) is 11.9. The number of ether oxygens (including phenoxy) is 1. The molecule has 1 aromatic heterocycles. The van der Waals surface area contributed by atoms with Crippen molar-refractivity contribution in [1.82, 2.24) is 9.97 Å². The molecule has 3 rings (SSSR count). The second-order valence-electron chi connectivity index (χ2n) is 4.72. The van der Waals surface area contributed by atoms with E-state index in [4.69, 9.17) is 10.5 Å². The van der Waals surface area contributed by atoms with Crippen LogP contribution in [-0.2, 0) is 10.2 Å². The Balaban J connectivity index is 2.03. The Kier molecular flexibility index (Phi) is 3.35. The maximum absolute atomic E-state index is 5.85. The molecular weight excluding hydrogens is 306 g/mol. The average Bonchev–Trinajstić information content (AvgIpc) is 2.39. The predicted molar refractivity (Wildman–Crippen MR) is 76.7 cm³/mol. The van der Waals surface area contributed by atoms with Gasteiger partial charge in [-0.3, -0.25) is 0 Å². The molecule has 0 amide bonds. The molecule has 1 aliphatic rings. The Morgan fingerprint density at radius 3 is 2.68 bits per heavy atom. The lowest BCUT2D eigenvalue weighted by Crippen LogP contribution is -2.53. The van der Waals surface area contributed by atoms with E-state index in [9.17, 15) is 0 Å². The van der Waals surface area contributed by atoms with Gasteiger partial charge in [-0.15, -0.1) is 0 Å². The van der Waals surface area contributed by atoms with Gasteiger partial charge in [-0.1, -0.05) is 34.1 Å². The van der Waals surface area contributed by atoms with E-state index in [1.54, 1.807) is 6.20 Å². The third kappa shape index (κ3) is 2.18. The number of nitrogens with two attached hydrogens (primary N) is 1. The van der Waals surface area contributed by atoms with Crippen molar-refractivity contribution >= 4 is 15.9 Å². The molecule has 0 unspecified atom stereocenters. The highest BCUT2D eigenvalue weighted by atomic mass is 79.9. The molecule has 0 saturated carbocycles. The lowest BCUT2D eigenvalue weighted by Gasteiger charge is -2.38. The first-order chi connectivity index (χ1) is 9.25. The fourth-order valence-electron chi connectivity index (χ4n) is 2.12. The molecule has 1 saturated heterocycles. The molecule has 1 aromatic carbocycles. The molecule has 19 heavy (non-hydrogen) atoms. The highest BCUT2D eigenvalue weighted by Gasteiger charge is 2.42. The Morgan fingerprint density at radius 2 is 2.05 bits per heavy atom. The van der Waals surface area contributed by atoms with Crippen LogP contribution < -0.4 is 5.73 Å². The second-order valence-corrected chi connectivity index (χ2v) is 5.58. The standard InChI is InChI=1S/C14H14BrN3O/c15-11-4-2-1-3-10(11)12-5-6-17-13(18-12)14(7-16)8-19-9-14/h1-6H,7-9,16H2. The van der Waals surface area contributed by atoms with Crippen molar-refractivity contribution in [2.45, 2.75) is 5.41 Å². The molecule has 0 bridgehead atoms. The number of halogens is 1. The molecule has 2 N–H and O–H groups in total. The first-order valence-corrected chi connectivity index (χ1v) is 6.91. The summed E-state index contributed by atoms with van der Waals surface area (Å²) < 4.78 is 6.30. The topological polar surface area (TPSA) is 61.0 Å². The third-order valence-electron chi connectivity index (χ3n) is 3.43. The highest BCUT2D eigenvalue weighted by molar-refractivity contribution is 9.10. The van der Waals surface area contributed by atoms with E-state index in [0.717, 1.165) is 21.6 Å². The van der Waals surface area contributed by atoms with Gasteiger partial charge in [0.1, 0.15) is 5.82 Å². The van der Waals surface area contributed by atoms with E-state index < -0.39 is 0 Å². The number of hydrogen-bond acceptors (Lipinski definition) is 4. The summed E-state index contributed by atoms with van der Waals surface area (Å²) in [5.41, 5.74) is 7.59. The lowest BCUT2D eigenvalue weighted by molar-refractivity contribution is -0.0593. The summed E-state index contributed by atoms with van der Waals surface area (Å²) in [6.45, 7) is 1.71. The smallest absolute Gasteiger partial charge is 0.141 e. The summed E-state index contributed by atoms with van der Waals surface area (Å²) in [7, 11) is 0. The minimum atomic E-state index is -0.211. The summed E-state index contributed by atoms with van der Waals surface area (Å²) in [5.74, 6) is 0.773. The minimum Gasteiger partial charge on any atom is -0.379 e. The van der Waals surface area contributed by atoms with Crippen LogP contribution >= 0.6 is 15.9 Å². The summed E-state index contributed by atoms with van der Waals surface area (Å²) >= 11 is 3.55. The van der Waals surface area contributed by atoms with Crippen molar-refractivity contribution in [2.75, 3.05) is 19.8 Å². The Morgan fingerprint density at radius 1 is 1.26 bits per heavy atom. The van der Waals surface area contributed by atoms with Gasteiger partial charge >= 0.3 is 0 Å². The Bertz CT molecular complexity index is 593. The van der Waals surface area contributed by atoms with Crippen molar-refractivity contribution < 1.29 is 4.74 Å². The van der Waals surface area contributed by atoms with Crippen LogP contribution in [0.15, 0.2) is 41.0 Å². The fraction of sp³-hybridized carbons (Fsp3) is 0.286. The number of aromatic nitrogens is 2. The van der Waals surface area contributed by atoms with Gasteiger partial charge in [0, 0.05) is 22.8 Å². The fourth-order valence-corrected chi connectivity index (χ4v) is 2.61. The van der Waals surface area contributed by atoms with Gasteiger partial charge < -0.3 is 10.5 Å². The van der Waals surface area contributed by atoms with Gasteiger partial charge in [-0.05, 0) is 12.1 Å². The van der Waals surface area contributed by atoms with Crippen LogP contribution in [0.1, 0.15) is 5.82 Å². The molecule has 1 aliphatic heterocycles. The monoisotopic (exact) mass is 319 g/mol. The van der Waals surface area contributed by atoms with Gasteiger partial charge in [0.2, 0.25) is 0 Å². The Hall–Kier alpha value is -1.30. The van der Waals surface area contributed by atoms with E-state index in [1.165, 1.54) is 0 Å². The van der Waals surface area contributed by atoms with Crippen LogP contribution in [0.2, 0.25) is 0 Å². The molecule has 0 atom stereocenters. The number of hydrogen-bond donors (Lipinski definition) is 1. The van der Waals surface area contributed by atoms with E-state index in [2.05, 4.69) is 25.9 Å². The predicted octanol–water partition coefficient (Wildman–Crippen LogP) is 2.13. The summed E-state index contributed by atoms with van der Waals surface area (Å²) in [6.07, 6.45) is 1.78. The van der Waals surface area contributed by atoms with E-state index in [0.29, 0.717) is 19.8 Å². The maximum Gasteiger partial charge on any atom is 0.141 e. The second kappa shape index (κ2) is 5.00. The zero-order chi connectivity index (χ0) is 13.3. The molecule has 5 heteroatoms. The van der Waals surface area contributed by atoms with Gasteiger partial charge in [-0.2, -0.15) is 0 Å². The Labute approximate surface area is 120 Å². The van der Waals surface area contributed by atoms with Crippen LogP contribution in [0.3, 0.4) is 0 Å². The van der Waals surface area contributed by atoms with Crippen molar-refractivity contribution in [3.8, 4) is 11.3 Å². The molecule has 4 nitrogen and oxygen atoms in total. The van der Waals surface area contributed by atoms with Crippen molar-refractivity contribution in [3.05, 3.63) is 46.8 Å². The SMILES string of the molecule is NCC1(c2nccc(-c3ccccc3Br)n2)COC1. The molecule has 0 aliphatic carbocycles. The first-order valence-electron chi connectivity index (χ1n) is 6.11. The van der Waals surface area contributed by atoms with Crippen LogP contribution in [0.4, 0.5) is 0 Å². The molecular formula is C14H14BrN3O. The van der Waals surface area contributed by atoms with Crippen molar-refractivity contribution in [3.63, 3.8) is 0 Å². The van der Waals surface area contributed by atoms with Crippen molar-refractivity contribution in [2.24, 2.45) is 5.73 Å². The van der Waals surface area contributed by atoms with Crippen LogP contribution in [0.5, 0.6) is 0 Å². The normalized spacial score (nSPS) is 16.9. The summed E-state index contributed by atoms with van der Waals surface area (Å²) in [5, 5.41) is 0. The quantitative estimate of drug-likeness (QED) is 0.941. The number of nitrogens with zero attached hydrogens (tertiary/aromatic N) is 2. The van der Waals surface area contributed by atoms with E-state index in [1.807, 2.05) is 30.3 Å². The van der Waals surface area contributed by atoms with Crippen molar-refractivity contribution in [1.29, 1.82) is 0 Å². The highest BCUT2D eigenvalue weighted by Crippen LogP contribution is 2.31. The van der Waals surface area contributed by atoms with E-state index >= 15 is 0 Å².